The highest BCUT2D eigenvalue weighted by atomic mass is 16.1. The standard InChI is InChI=1S/C9H11N5O/c10-8-7-11-14(12-8)6-5-13-4-2-1-3-9(13)15/h1-4,7H,5-6H2,(H2,10,12). The van der Waals surface area contributed by atoms with Crippen molar-refractivity contribution < 1.29 is 0 Å². The van der Waals surface area contributed by atoms with Crippen LogP contribution in [0.15, 0.2) is 35.4 Å². The zero-order valence-electron chi connectivity index (χ0n) is 8.08. The minimum atomic E-state index is -0.0300. The Bertz CT molecular complexity index is 501. The molecule has 0 fully saturated rings. The van der Waals surface area contributed by atoms with Crippen LogP contribution >= 0.6 is 0 Å². The Balaban J connectivity index is 2.05. The number of aromatic nitrogens is 4. The molecule has 0 saturated heterocycles. The highest BCUT2D eigenvalue weighted by molar-refractivity contribution is 5.19. The van der Waals surface area contributed by atoms with Crippen molar-refractivity contribution >= 4 is 5.82 Å². The molecule has 6 heteroatoms. The zero-order valence-corrected chi connectivity index (χ0v) is 8.08. The molecule has 2 rings (SSSR count). The van der Waals surface area contributed by atoms with E-state index < -0.39 is 0 Å². The molecule has 0 spiro atoms. The predicted molar refractivity (Wildman–Crippen MR) is 55.1 cm³/mol. The second-order valence-electron chi connectivity index (χ2n) is 3.10. The average Bonchev–Trinajstić information content (AvgIpc) is 2.63. The van der Waals surface area contributed by atoms with Crippen molar-refractivity contribution in [1.29, 1.82) is 0 Å². The Morgan fingerprint density at radius 1 is 1.33 bits per heavy atom. The number of rotatable bonds is 3. The first kappa shape index (κ1) is 9.45. The van der Waals surface area contributed by atoms with Crippen LogP contribution in [0, 0.1) is 0 Å². The topological polar surface area (TPSA) is 78.7 Å². The van der Waals surface area contributed by atoms with Gasteiger partial charge >= 0.3 is 0 Å². The van der Waals surface area contributed by atoms with Gasteiger partial charge in [-0.3, -0.25) is 4.79 Å². The van der Waals surface area contributed by atoms with E-state index >= 15 is 0 Å². The molecule has 0 aliphatic rings. The molecule has 6 nitrogen and oxygen atoms in total. The van der Waals surface area contributed by atoms with Gasteiger partial charge < -0.3 is 10.3 Å². The molecule has 2 heterocycles. The van der Waals surface area contributed by atoms with Gasteiger partial charge in [0.05, 0.1) is 12.7 Å². The van der Waals surface area contributed by atoms with E-state index in [9.17, 15) is 4.79 Å². The number of nitrogens with two attached hydrogens (primary N) is 1. The molecule has 78 valence electrons. The van der Waals surface area contributed by atoms with E-state index in [1.807, 2.05) is 6.07 Å². The van der Waals surface area contributed by atoms with Crippen LogP contribution in [0.25, 0.3) is 0 Å². The third-order valence-electron chi connectivity index (χ3n) is 1.99. The van der Waals surface area contributed by atoms with Crippen molar-refractivity contribution in [1.82, 2.24) is 19.6 Å². The van der Waals surface area contributed by atoms with Crippen LogP contribution in [-0.4, -0.2) is 19.6 Å². The smallest absolute Gasteiger partial charge is 0.250 e. The monoisotopic (exact) mass is 205 g/mol. The lowest BCUT2D eigenvalue weighted by molar-refractivity contribution is 0.475. The molecule has 15 heavy (non-hydrogen) atoms. The van der Waals surface area contributed by atoms with Gasteiger partial charge in [-0.2, -0.15) is 9.90 Å². The molecule has 2 N–H and O–H groups in total. The van der Waals surface area contributed by atoms with Crippen LogP contribution in [-0.2, 0) is 13.1 Å². The number of pyridine rings is 1. The van der Waals surface area contributed by atoms with Crippen molar-refractivity contribution in [3.63, 3.8) is 0 Å². The van der Waals surface area contributed by atoms with Gasteiger partial charge in [0.15, 0.2) is 5.82 Å². The fraction of sp³-hybridized carbons (Fsp3) is 0.222. The maximum absolute atomic E-state index is 11.3. The fourth-order valence-electron chi connectivity index (χ4n) is 1.26. The molecule has 0 aromatic carbocycles. The molecule has 0 saturated carbocycles. The molecule has 0 unspecified atom stereocenters. The second kappa shape index (κ2) is 3.95. The van der Waals surface area contributed by atoms with Crippen LogP contribution in [0.4, 0.5) is 5.82 Å². The SMILES string of the molecule is Nc1cnn(CCn2ccccc2=O)n1. The van der Waals surface area contributed by atoms with E-state index in [1.165, 1.54) is 17.1 Å². The number of nitrogen functional groups attached to an aromatic ring is 1. The van der Waals surface area contributed by atoms with Crippen LogP contribution in [0.3, 0.4) is 0 Å². The Hall–Kier alpha value is -2.11. The normalized spacial score (nSPS) is 10.4. The largest absolute Gasteiger partial charge is 0.381 e. The number of hydrogen-bond acceptors (Lipinski definition) is 4. The Labute approximate surface area is 85.9 Å². The molecule has 0 radical (unpaired) electrons. The lowest BCUT2D eigenvalue weighted by Crippen LogP contribution is -2.21. The van der Waals surface area contributed by atoms with Gasteiger partial charge in [-0.25, -0.2) is 0 Å². The van der Waals surface area contributed by atoms with Crippen molar-refractivity contribution in [2.24, 2.45) is 0 Å². The lowest BCUT2D eigenvalue weighted by Gasteiger charge is -2.03. The fourth-order valence-corrected chi connectivity index (χ4v) is 1.26. The van der Waals surface area contributed by atoms with Gasteiger partial charge in [0.25, 0.3) is 5.56 Å². The molecular weight excluding hydrogens is 194 g/mol. The number of nitrogens with zero attached hydrogens (tertiary/aromatic N) is 4. The Kier molecular flexibility index (Phi) is 2.49. The van der Waals surface area contributed by atoms with Crippen LogP contribution in [0.2, 0.25) is 0 Å². The van der Waals surface area contributed by atoms with E-state index in [4.69, 9.17) is 5.73 Å². The molecular formula is C9H11N5O. The molecule has 2 aromatic rings. The minimum absolute atomic E-state index is 0.0300. The molecule has 0 atom stereocenters. The summed E-state index contributed by atoms with van der Waals surface area (Å²) >= 11 is 0. The van der Waals surface area contributed by atoms with Crippen LogP contribution in [0.1, 0.15) is 0 Å². The van der Waals surface area contributed by atoms with Gasteiger partial charge in [0.2, 0.25) is 0 Å². The third kappa shape index (κ3) is 2.22. The highest BCUT2D eigenvalue weighted by Gasteiger charge is 1.97. The summed E-state index contributed by atoms with van der Waals surface area (Å²) in [5.74, 6) is 0.385. The first-order valence-corrected chi connectivity index (χ1v) is 4.57. The third-order valence-corrected chi connectivity index (χ3v) is 1.99. The van der Waals surface area contributed by atoms with Crippen LogP contribution < -0.4 is 11.3 Å². The first-order valence-electron chi connectivity index (χ1n) is 4.57. The number of anilines is 1. The summed E-state index contributed by atoms with van der Waals surface area (Å²) in [6.45, 7) is 1.06. The molecule has 2 aromatic heterocycles. The van der Waals surface area contributed by atoms with E-state index in [0.29, 0.717) is 18.9 Å². The first-order chi connectivity index (χ1) is 7.25. The second-order valence-corrected chi connectivity index (χ2v) is 3.10. The van der Waals surface area contributed by atoms with Gasteiger partial charge in [-0.15, -0.1) is 5.10 Å². The van der Waals surface area contributed by atoms with Crippen molar-refractivity contribution in [3.8, 4) is 0 Å². The maximum atomic E-state index is 11.3. The van der Waals surface area contributed by atoms with Crippen molar-refractivity contribution in [2.75, 3.05) is 5.73 Å². The van der Waals surface area contributed by atoms with Gasteiger partial charge in [0.1, 0.15) is 0 Å². The summed E-state index contributed by atoms with van der Waals surface area (Å²) in [4.78, 5) is 12.8. The predicted octanol–water partition coefficient (Wildman–Crippen LogP) is -0.278. The quantitative estimate of drug-likeness (QED) is 0.747. The molecule has 0 bridgehead atoms. The van der Waals surface area contributed by atoms with E-state index in [0.717, 1.165) is 0 Å². The van der Waals surface area contributed by atoms with Crippen molar-refractivity contribution in [2.45, 2.75) is 13.1 Å². The number of hydrogen-bond donors (Lipinski definition) is 1. The maximum Gasteiger partial charge on any atom is 0.250 e. The Morgan fingerprint density at radius 2 is 2.20 bits per heavy atom. The summed E-state index contributed by atoms with van der Waals surface area (Å²) in [5.41, 5.74) is 5.38. The molecule has 0 amide bonds. The summed E-state index contributed by atoms with van der Waals surface area (Å²) < 4.78 is 1.60. The van der Waals surface area contributed by atoms with Gasteiger partial charge in [-0.05, 0) is 6.07 Å². The van der Waals surface area contributed by atoms with E-state index in [-0.39, 0.29) is 5.56 Å². The molecule has 0 aliphatic carbocycles. The minimum Gasteiger partial charge on any atom is -0.381 e. The van der Waals surface area contributed by atoms with E-state index in [1.54, 1.807) is 16.8 Å². The van der Waals surface area contributed by atoms with E-state index in [2.05, 4.69) is 10.2 Å². The zero-order chi connectivity index (χ0) is 10.7. The summed E-state index contributed by atoms with van der Waals surface area (Å²) in [5, 5.41) is 7.85. The van der Waals surface area contributed by atoms with Gasteiger partial charge in [0, 0.05) is 18.8 Å². The number of aryl methyl sites for hydroxylation is 2. The Morgan fingerprint density at radius 3 is 2.87 bits per heavy atom. The average molecular weight is 205 g/mol. The lowest BCUT2D eigenvalue weighted by atomic mass is 10.4. The summed E-state index contributed by atoms with van der Waals surface area (Å²) in [6, 6.07) is 5.04. The molecule has 0 aliphatic heterocycles. The summed E-state index contributed by atoms with van der Waals surface area (Å²) in [6.07, 6.45) is 3.21. The highest BCUT2D eigenvalue weighted by Crippen LogP contribution is 1.91. The van der Waals surface area contributed by atoms with Crippen LogP contribution in [0.5, 0.6) is 0 Å². The van der Waals surface area contributed by atoms with Crippen molar-refractivity contribution in [3.05, 3.63) is 40.9 Å². The summed E-state index contributed by atoms with van der Waals surface area (Å²) in [7, 11) is 0. The van der Waals surface area contributed by atoms with Gasteiger partial charge in [-0.1, -0.05) is 6.07 Å².